The normalized spacial score (nSPS) is 12.1. The van der Waals surface area contributed by atoms with Gasteiger partial charge in [0.05, 0.1) is 7.11 Å². The average Bonchev–Trinajstić information content (AvgIpc) is 2.62. The number of aryl methyl sites for hydroxylation is 1. The molecule has 0 saturated heterocycles. The Morgan fingerprint density at radius 2 is 1.89 bits per heavy atom. The Bertz CT molecular complexity index is 877. The first-order chi connectivity index (χ1) is 13.1. The molecule has 150 valence electrons. The number of amides is 1. The average molecular weight is 573 g/mol. The topological polar surface area (TPSA) is 62.4 Å². The van der Waals surface area contributed by atoms with Gasteiger partial charge in [0.25, 0.3) is 5.91 Å². The van der Waals surface area contributed by atoms with Gasteiger partial charge in [-0.1, -0.05) is 40.9 Å². The van der Waals surface area contributed by atoms with E-state index in [1.165, 1.54) is 7.11 Å². The second kappa shape index (κ2) is 10.2. The van der Waals surface area contributed by atoms with Crippen molar-refractivity contribution < 1.29 is 9.53 Å². The third kappa shape index (κ3) is 6.81. The van der Waals surface area contributed by atoms with Crippen molar-refractivity contribution in [2.75, 3.05) is 12.4 Å². The molecule has 3 N–H and O–H groups in total. The highest BCUT2D eigenvalue weighted by Crippen LogP contribution is 2.29. The van der Waals surface area contributed by atoms with Gasteiger partial charge in [-0.25, -0.2) is 0 Å². The first kappa shape index (κ1) is 23.3. The number of hydrogen-bond donors (Lipinski definition) is 3. The second-order valence-electron chi connectivity index (χ2n) is 5.74. The van der Waals surface area contributed by atoms with Crippen LogP contribution in [-0.4, -0.2) is 28.1 Å². The molecule has 1 amide bonds. The fourth-order valence-corrected chi connectivity index (χ4v) is 3.44. The lowest BCUT2D eigenvalue weighted by molar-refractivity contribution is 0.0934. The number of halogens is 4. The molecule has 0 heterocycles. The molecule has 0 spiro atoms. The van der Waals surface area contributed by atoms with E-state index in [0.29, 0.717) is 11.3 Å². The third-order valence-corrected chi connectivity index (χ3v) is 5.19. The van der Waals surface area contributed by atoms with Crippen molar-refractivity contribution in [1.29, 1.82) is 0 Å². The van der Waals surface area contributed by atoms with Crippen molar-refractivity contribution in [3.8, 4) is 5.75 Å². The highest BCUT2D eigenvalue weighted by Gasteiger charge is 2.35. The number of rotatable bonds is 5. The molecule has 0 saturated carbocycles. The fourth-order valence-electron chi connectivity index (χ4n) is 2.24. The minimum atomic E-state index is -1.85. The van der Waals surface area contributed by atoms with E-state index in [9.17, 15) is 4.79 Å². The van der Waals surface area contributed by atoms with Gasteiger partial charge in [-0.3, -0.25) is 4.79 Å². The molecule has 5 nitrogen and oxygen atoms in total. The molecule has 0 aliphatic carbocycles. The van der Waals surface area contributed by atoms with E-state index < -0.39 is 15.9 Å². The summed E-state index contributed by atoms with van der Waals surface area (Å²) in [5.41, 5.74) is 2.16. The Labute approximate surface area is 197 Å². The summed E-state index contributed by atoms with van der Waals surface area (Å²) in [5, 5.41) is 8.71. The predicted molar refractivity (Wildman–Crippen MR) is 128 cm³/mol. The molecular formula is C18H17Cl3IN3O2S. The maximum Gasteiger partial charge on any atom is 0.253 e. The number of ether oxygens (including phenoxy) is 1. The summed E-state index contributed by atoms with van der Waals surface area (Å²) in [5.74, 6) is 0.0911. The maximum atomic E-state index is 12.6. The van der Waals surface area contributed by atoms with Gasteiger partial charge in [-0.05, 0) is 83.7 Å². The molecule has 0 fully saturated rings. The smallest absolute Gasteiger partial charge is 0.253 e. The van der Waals surface area contributed by atoms with E-state index in [0.717, 1.165) is 14.8 Å². The van der Waals surface area contributed by atoms with E-state index in [1.54, 1.807) is 24.3 Å². The summed E-state index contributed by atoms with van der Waals surface area (Å²) in [6, 6.07) is 12.5. The summed E-state index contributed by atoms with van der Waals surface area (Å²) in [6.45, 7) is 1.95. The van der Waals surface area contributed by atoms with Crippen LogP contribution in [0.4, 0.5) is 5.69 Å². The van der Waals surface area contributed by atoms with Crippen LogP contribution in [0.2, 0.25) is 0 Å². The van der Waals surface area contributed by atoms with Gasteiger partial charge in [0.1, 0.15) is 11.9 Å². The Kier molecular flexibility index (Phi) is 8.44. The van der Waals surface area contributed by atoms with Crippen molar-refractivity contribution in [2.24, 2.45) is 0 Å². The molecule has 0 aliphatic rings. The van der Waals surface area contributed by atoms with Crippen LogP contribution >= 0.6 is 69.6 Å². The van der Waals surface area contributed by atoms with Crippen LogP contribution in [0, 0.1) is 10.5 Å². The Morgan fingerprint density at radius 1 is 1.18 bits per heavy atom. The van der Waals surface area contributed by atoms with Crippen LogP contribution in [0.1, 0.15) is 15.9 Å². The third-order valence-electron chi connectivity index (χ3n) is 3.65. The number of benzene rings is 2. The van der Waals surface area contributed by atoms with Gasteiger partial charge in [-0.15, -0.1) is 0 Å². The Morgan fingerprint density at radius 3 is 2.50 bits per heavy atom. The van der Waals surface area contributed by atoms with Crippen molar-refractivity contribution in [3.05, 3.63) is 57.2 Å². The van der Waals surface area contributed by atoms with Crippen LogP contribution < -0.4 is 20.7 Å². The fraction of sp³-hybridized carbons (Fsp3) is 0.222. The quantitative estimate of drug-likeness (QED) is 0.203. The van der Waals surface area contributed by atoms with Crippen molar-refractivity contribution in [2.45, 2.75) is 16.9 Å². The maximum absolute atomic E-state index is 12.6. The van der Waals surface area contributed by atoms with Crippen LogP contribution in [0.25, 0.3) is 0 Å². The number of carbonyl (C=O) groups excluding carboxylic acids is 1. The van der Waals surface area contributed by atoms with Gasteiger partial charge in [0.15, 0.2) is 5.11 Å². The lowest BCUT2D eigenvalue weighted by Gasteiger charge is -2.28. The number of anilines is 1. The lowest BCUT2D eigenvalue weighted by Crippen LogP contribution is -2.56. The van der Waals surface area contributed by atoms with Crippen LogP contribution in [0.15, 0.2) is 42.5 Å². The van der Waals surface area contributed by atoms with Gasteiger partial charge in [0.2, 0.25) is 3.79 Å². The first-order valence-corrected chi connectivity index (χ1v) is 10.6. The highest BCUT2D eigenvalue weighted by atomic mass is 127. The Balaban J connectivity index is 2.10. The predicted octanol–water partition coefficient (Wildman–Crippen LogP) is 5.02. The number of methoxy groups -OCH3 is 1. The van der Waals surface area contributed by atoms with Gasteiger partial charge in [0, 0.05) is 14.8 Å². The summed E-state index contributed by atoms with van der Waals surface area (Å²) < 4.78 is 4.38. The van der Waals surface area contributed by atoms with Crippen molar-refractivity contribution >= 4 is 86.3 Å². The SMILES string of the molecule is COc1cccc(C(=O)NC(NC(=S)Nc2ccc(I)cc2C)C(Cl)(Cl)Cl)c1. The summed E-state index contributed by atoms with van der Waals surface area (Å²) >= 11 is 25.6. The van der Waals surface area contributed by atoms with E-state index in [2.05, 4.69) is 38.5 Å². The molecule has 0 radical (unpaired) electrons. The molecule has 10 heteroatoms. The monoisotopic (exact) mass is 571 g/mol. The van der Waals surface area contributed by atoms with Gasteiger partial charge < -0.3 is 20.7 Å². The van der Waals surface area contributed by atoms with Crippen molar-refractivity contribution in [3.63, 3.8) is 0 Å². The highest BCUT2D eigenvalue weighted by molar-refractivity contribution is 14.1. The minimum Gasteiger partial charge on any atom is -0.497 e. The zero-order valence-electron chi connectivity index (χ0n) is 14.9. The second-order valence-corrected chi connectivity index (χ2v) is 9.76. The minimum absolute atomic E-state index is 0.201. The molecule has 0 bridgehead atoms. The van der Waals surface area contributed by atoms with Gasteiger partial charge >= 0.3 is 0 Å². The molecule has 1 atom stereocenters. The summed E-state index contributed by atoms with van der Waals surface area (Å²) in [7, 11) is 1.51. The van der Waals surface area contributed by atoms with Crippen LogP contribution in [0.3, 0.4) is 0 Å². The molecule has 1 unspecified atom stereocenters. The van der Waals surface area contributed by atoms with Crippen LogP contribution in [-0.2, 0) is 0 Å². The van der Waals surface area contributed by atoms with E-state index in [1.807, 2.05) is 25.1 Å². The van der Waals surface area contributed by atoms with Crippen LogP contribution in [0.5, 0.6) is 5.75 Å². The summed E-state index contributed by atoms with van der Waals surface area (Å²) in [4.78, 5) is 12.6. The number of thiocarbonyl (C=S) groups is 1. The number of alkyl halides is 3. The molecular weight excluding hydrogens is 556 g/mol. The summed E-state index contributed by atoms with van der Waals surface area (Å²) in [6.07, 6.45) is -1.07. The van der Waals surface area contributed by atoms with E-state index in [4.69, 9.17) is 51.8 Å². The standard InChI is InChI=1S/C18H17Cl3IN3O2S/c1-10-8-12(22)6-7-14(10)23-17(28)25-16(18(19,20)21)24-15(26)11-4-3-5-13(9-11)27-2/h3-9,16H,1-2H3,(H,24,26)(H2,23,25,28). The molecule has 28 heavy (non-hydrogen) atoms. The number of hydrogen-bond acceptors (Lipinski definition) is 3. The molecule has 2 aromatic rings. The largest absolute Gasteiger partial charge is 0.497 e. The van der Waals surface area contributed by atoms with Gasteiger partial charge in [-0.2, -0.15) is 0 Å². The molecule has 0 aliphatic heterocycles. The van der Waals surface area contributed by atoms with E-state index >= 15 is 0 Å². The number of nitrogens with one attached hydrogen (secondary N) is 3. The Hall–Kier alpha value is -1.000. The molecule has 2 rings (SSSR count). The zero-order valence-corrected chi connectivity index (χ0v) is 20.1. The van der Waals surface area contributed by atoms with E-state index in [-0.39, 0.29) is 5.11 Å². The molecule has 2 aromatic carbocycles. The molecule has 0 aromatic heterocycles. The number of carbonyl (C=O) groups is 1. The zero-order chi connectivity index (χ0) is 20.9. The first-order valence-electron chi connectivity index (χ1n) is 7.95. The van der Waals surface area contributed by atoms with Crippen molar-refractivity contribution in [1.82, 2.24) is 10.6 Å². The lowest BCUT2D eigenvalue weighted by atomic mass is 10.2.